The van der Waals surface area contributed by atoms with Gasteiger partial charge in [-0.05, 0) is 42.5 Å². The third kappa shape index (κ3) is 4.58. The number of hydrogen-bond donors (Lipinski definition) is 1. The molecular weight excluding hydrogens is 278 g/mol. The van der Waals surface area contributed by atoms with Crippen LogP contribution in [0.1, 0.15) is 31.2 Å². The molecule has 0 fully saturated rings. The molecular formula is C18H25NOS. The van der Waals surface area contributed by atoms with Crippen molar-refractivity contribution < 1.29 is 4.74 Å². The Bertz CT molecular complexity index is 531. The van der Waals surface area contributed by atoms with E-state index in [0.717, 1.165) is 18.7 Å². The molecule has 0 spiro atoms. The van der Waals surface area contributed by atoms with Crippen molar-refractivity contribution in [3.05, 3.63) is 52.2 Å². The summed E-state index contributed by atoms with van der Waals surface area (Å²) in [4.78, 5) is 1.44. The van der Waals surface area contributed by atoms with Gasteiger partial charge in [-0.1, -0.05) is 32.0 Å². The van der Waals surface area contributed by atoms with E-state index in [4.69, 9.17) is 4.74 Å². The number of methoxy groups -OCH3 is 1. The maximum Gasteiger partial charge on any atom is 0.118 e. The summed E-state index contributed by atoms with van der Waals surface area (Å²) >= 11 is 1.84. The van der Waals surface area contributed by atoms with Gasteiger partial charge in [-0.15, -0.1) is 11.3 Å². The Labute approximate surface area is 132 Å². The van der Waals surface area contributed by atoms with Crippen molar-refractivity contribution in [1.82, 2.24) is 5.32 Å². The summed E-state index contributed by atoms with van der Waals surface area (Å²) in [5.74, 6) is 0.915. The molecule has 3 heteroatoms. The van der Waals surface area contributed by atoms with Crippen LogP contribution in [0.5, 0.6) is 5.75 Å². The SMILES string of the molecule is COc1ccc(CC(C)NCC(C)(C)c2cccs2)cc1. The van der Waals surface area contributed by atoms with Crippen LogP contribution < -0.4 is 10.1 Å². The van der Waals surface area contributed by atoms with E-state index in [1.165, 1.54) is 10.4 Å². The first-order valence-corrected chi connectivity index (χ1v) is 8.29. The average molecular weight is 303 g/mol. The zero-order chi connectivity index (χ0) is 15.3. The van der Waals surface area contributed by atoms with Crippen molar-refractivity contribution in [2.24, 2.45) is 0 Å². The van der Waals surface area contributed by atoms with E-state index in [1.807, 2.05) is 23.5 Å². The molecule has 1 N–H and O–H groups in total. The van der Waals surface area contributed by atoms with E-state index in [9.17, 15) is 0 Å². The smallest absolute Gasteiger partial charge is 0.118 e. The molecule has 1 aromatic heterocycles. The predicted octanol–water partition coefficient (Wildman–Crippen LogP) is 4.26. The van der Waals surface area contributed by atoms with Crippen molar-refractivity contribution in [2.45, 2.75) is 38.6 Å². The molecule has 0 saturated heterocycles. The highest BCUT2D eigenvalue weighted by Crippen LogP contribution is 2.26. The molecule has 0 bridgehead atoms. The zero-order valence-corrected chi connectivity index (χ0v) is 14.2. The van der Waals surface area contributed by atoms with Gasteiger partial charge >= 0.3 is 0 Å². The Balaban J connectivity index is 1.85. The molecule has 1 heterocycles. The van der Waals surface area contributed by atoms with Crippen molar-refractivity contribution in [3.8, 4) is 5.75 Å². The summed E-state index contributed by atoms with van der Waals surface area (Å²) in [5, 5.41) is 5.81. The number of rotatable bonds is 7. The lowest BCUT2D eigenvalue weighted by Crippen LogP contribution is -2.38. The molecule has 114 valence electrons. The molecule has 0 aliphatic rings. The van der Waals surface area contributed by atoms with Gasteiger partial charge in [0.2, 0.25) is 0 Å². The fraction of sp³-hybridized carbons (Fsp3) is 0.444. The third-order valence-corrected chi connectivity index (χ3v) is 5.02. The van der Waals surface area contributed by atoms with E-state index in [1.54, 1.807) is 7.11 Å². The monoisotopic (exact) mass is 303 g/mol. The second-order valence-electron chi connectivity index (χ2n) is 6.20. The lowest BCUT2D eigenvalue weighted by atomic mass is 9.91. The van der Waals surface area contributed by atoms with E-state index in [0.29, 0.717) is 6.04 Å². The predicted molar refractivity (Wildman–Crippen MR) is 91.5 cm³/mol. The van der Waals surface area contributed by atoms with Crippen LogP contribution in [0.25, 0.3) is 0 Å². The second-order valence-corrected chi connectivity index (χ2v) is 7.14. The molecule has 1 unspecified atom stereocenters. The maximum absolute atomic E-state index is 5.19. The summed E-state index contributed by atoms with van der Waals surface area (Å²) in [5.41, 5.74) is 1.52. The van der Waals surface area contributed by atoms with Crippen LogP contribution in [0.2, 0.25) is 0 Å². The minimum absolute atomic E-state index is 0.183. The maximum atomic E-state index is 5.19. The Morgan fingerprint density at radius 2 is 1.90 bits per heavy atom. The van der Waals surface area contributed by atoms with E-state index >= 15 is 0 Å². The summed E-state index contributed by atoms with van der Waals surface area (Å²) < 4.78 is 5.19. The average Bonchev–Trinajstić information content (AvgIpc) is 3.01. The number of ether oxygens (including phenoxy) is 1. The fourth-order valence-electron chi connectivity index (χ4n) is 2.37. The van der Waals surface area contributed by atoms with Crippen LogP contribution in [-0.2, 0) is 11.8 Å². The highest BCUT2D eigenvalue weighted by molar-refractivity contribution is 7.10. The molecule has 2 rings (SSSR count). The number of thiophene rings is 1. The number of benzene rings is 1. The van der Waals surface area contributed by atoms with Gasteiger partial charge in [0.05, 0.1) is 7.11 Å². The molecule has 0 saturated carbocycles. The zero-order valence-electron chi connectivity index (χ0n) is 13.3. The van der Waals surface area contributed by atoms with Gasteiger partial charge in [0.25, 0.3) is 0 Å². The topological polar surface area (TPSA) is 21.3 Å². The van der Waals surface area contributed by atoms with Crippen LogP contribution in [0.4, 0.5) is 0 Å². The normalized spacial score (nSPS) is 13.1. The minimum Gasteiger partial charge on any atom is -0.497 e. The highest BCUT2D eigenvalue weighted by Gasteiger charge is 2.22. The summed E-state index contributed by atoms with van der Waals surface area (Å²) in [6.45, 7) is 7.83. The highest BCUT2D eigenvalue weighted by atomic mass is 32.1. The van der Waals surface area contributed by atoms with Crippen molar-refractivity contribution in [2.75, 3.05) is 13.7 Å². The van der Waals surface area contributed by atoms with Gasteiger partial charge in [-0.25, -0.2) is 0 Å². The first-order valence-electron chi connectivity index (χ1n) is 7.41. The van der Waals surface area contributed by atoms with Gasteiger partial charge in [-0.2, -0.15) is 0 Å². The second kappa shape index (κ2) is 7.10. The largest absolute Gasteiger partial charge is 0.497 e. The van der Waals surface area contributed by atoms with E-state index < -0.39 is 0 Å². The van der Waals surface area contributed by atoms with Gasteiger partial charge in [-0.3, -0.25) is 0 Å². The first-order chi connectivity index (χ1) is 10.0. The Morgan fingerprint density at radius 3 is 2.48 bits per heavy atom. The molecule has 0 radical (unpaired) electrons. The summed E-state index contributed by atoms with van der Waals surface area (Å²) in [6, 6.07) is 13.1. The minimum atomic E-state index is 0.183. The van der Waals surface area contributed by atoms with E-state index in [-0.39, 0.29) is 5.41 Å². The van der Waals surface area contributed by atoms with Crippen LogP contribution >= 0.6 is 11.3 Å². The molecule has 21 heavy (non-hydrogen) atoms. The molecule has 1 atom stereocenters. The summed E-state index contributed by atoms with van der Waals surface area (Å²) in [7, 11) is 1.70. The molecule has 0 aliphatic heterocycles. The van der Waals surface area contributed by atoms with Crippen molar-refractivity contribution >= 4 is 11.3 Å². The number of nitrogens with one attached hydrogen (secondary N) is 1. The van der Waals surface area contributed by atoms with Gasteiger partial charge < -0.3 is 10.1 Å². The molecule has 2 nitrogen and oxygen atoms in total. The lowest BCUT2D eigenvalue weighted by Gasteiger charge is -2.26. The quantitative estimate of drug-likeness (QED) is 0.825. The Kier molecular flexibility index (Phi) is 5.43. The van der Waals surface area contributed by atoms with Gasteiger partial charge in [0, 0.05) is 22.9 Å². The standard InChI is InChI=1S/C18H25NOS/c1-14(12-15-7-9-16(20-4)10-8-15)19-13-18(2,3)17-6-5-11-21-17/h5-11,14,19H,12-13H2,1-4H3. The molecule has 0 amide bonds. The molecule has 0 aliphatic carbocycles. The Hall–Kier alpha value is -1.32. The number of hydrogen-bond acceptors (Lipinski definition) is 3. The van der Waals surface area contributed by atoms with Gasteiger partial charge in [0.15, 0.2) is 0 Å². The van der Waals surface area contributed by atoms with Crippen LogP contribution in [-0.4, -0.2) is 19.7 Å². The van der Waals surface area contributed by atoms with Crippen molar-refractivity contribution in [3.63, 3.8) is 0 Å². The van der Waals surface area contributed by atoms with Crippen LogP contribution in [0.3, 0.4) is 0 Å². The fourth-order valence-corrected chi connectivity index (χ4v) is 3.22. The van der Waals surface area contributed by atoms with Crippen LogP contribution in [0, 0.1) is 0 Å². The third-order valence-electron chi connectivity index (χ3n) is 3.78. The molecule has 1 aromatic carbocycles. The van der Waals surface area contributed by atoms with Crippen molar-refractivity contribution in [1.29, 1.82) is 0 Å². The van der Waals surface area contributed by atoms with Gasteiger partial charge in [0.1, 0.15) is 5.75 Å². The summed E-state index contributed by atoms with van der Waals surface area (Å²) in [6.07, 6.45) is 1.03. The van der Waals surface area contributed by atoms with E-state index in [2.05, 4.69) is 55.7 Å². The Morgan fingerprint density at radius 1 is 1.19 bits per heavy atom. The molecule has 2 aromatic rings. The van der Waals surface area contributed by atoms with Crippen LogP contribution in [0.15, 0.2) is 41.8 Å². The first kappa shape index (κ1) is 16.1. The lowest BCUT2D eigenvalue weighted by molar-refractivity contribution is 0.414.